The molecule has 0 atom stereocenters. The lowest BCUT2D eigenvalue weighted by molar-refractivity contribution is -0.245. The summed E-state index contributed by atoms with van der Waals surface area (Å²) in [4.78, 5) is 6.75. The molecule has 0 spiro atoms. The fraction of sp³-hybridized carbons (Fsp3) is 0. The van der Waals surface area contributed by atoms with Crippen LogP contribution in [0.4, 0.5) is 0 Å². The summed E-state index contributed by atoms with van der Waals surface area (Å²) in [6.07, 6.45) is 0.942. The van der Waals surface area contributed by atoms with Crippen molar-refractivity contribution in [3.63, 3.8) is 0 Å². The molecule has 0 fully saturated rings. The summed E-state index contributed by atoms with van der Waals surface area (Å²) in [6, 6.07) is 0. The van der Waals surface area contributed by atoms with Gasteiger partial charge < -0.3 is 4.65 Å². The Labute approximate surface area is 46.1 Å². The monoisotopic (exact) mass is 120 g/mol. The SMILES string of the molecule is C=COB(OO)OO. The predicted octanol–water partition coefficient (Wildman–Crippen LogP) is 0.111. The molecule has 0 aromatic rings. The Kier molecular flexibility index (Phi) is 4.28. The third-order valence-corrected chi connectivity index (χ3v) is 0.379. The van der Waals surface area contributed by atoms with Crippen LogP contribution in [0.1, 0.15) is 0 Å². The van der Waals surface area contributed by atoms with Crippen LogP contribution in [-0.2, 0) is 14.3 Å². The van der Waals surface area contributed by atoms with E-state index in [1.165, 1.54) is 0 Å². The smallest absolute Gasteiger partial charge is 0.516 e. The lowest BCUT2D eigenvalue weighted by Gasteiger charge is -1.99. The summed E-state index contributed by atoms with van der Waals surface area (Å²) in [6.45, 7) is 3.09. The summed E-state index contributed by atoms with van der Waals surface area (Å²) in [5.74, 6) is 0. The second-order valence-corrected chi connectivity index (χ2v) is 0.802. The first kappa shape index (κ1) is 7.44. The average molecular weight is 120 g/mol. The van der Waals surface area contributed by atoms with Crippen LogP contribution in [0.3, 0.4) is 0 Å². The van der Waals surface area contributed by atoms with Crippen LogP contribution < -0.4 is 0 Å². The fourth-order valence-electron chi connectivity index (χ4n) is 0.148. The molecule has 0 aliphatic carbocycles. The maximum atomic E-state index is 7.70. The zero-order chi connectivity index (χ0) is 6.41. The molecular formula is C2H5BO5. The maximum Gasteiger partial charge on any atom is 0.769 e. The van der Waals surface area contributed by atoms with E-state index < -0.39 is 7.32 Å². The Balaban J connectivity index is 3.20. The summed E-state index contributed by atoms with van der Waals surface area (Å²) in [5, 5.41) is 15.4. The number of hydrogen-bond acceptors (Lipinski definition) is 5. The van der Waals surface area contributed by atoms with Gasteiger partial charge in [-0.3, -0.25) is 10.5 Å². The van der Waals surface area contributed by atoms with Gasteiger partial charge in [-0.25, -0.2) is 9.61 Å². The standard InChI is InChI=1S/C2H5BO5/c1-2-6-3(7-4)8-5/h2,4-5H,1H2. The van der Waals surface area contributed by atoms with E-state index in [2.05, 4.69) is 20.8 Å². The van der Waals surface area contributed by atoms with Gasteiger partial charge in [0.1, 0.15) is 0 Å². The molecule has 0 saturated carbocycles. The van der Waals surface area contributed by atoms with Crippen LogP contribution in [0.15, 0.2) is 12.8 Å². The van der Waals surface area contributed by atoms with E-state index in [1.54, 1.807) is 0 Å². The number of rotatable bonds is 4. The highest BCUT2D eigenvalue weighted by molar-refractivity contribution is 6.35. The molecule has 0 unspecified atom stereocenters. The highest BCUT2D eigenvalue weighted by Gasteiger charge is 2.21. The molecule has 0 saturated heterocycles. The van der Waals surface area contributed by atoms with Gasteiger partial charge in [-0.15, -0.1) is 0 Å². The van der Waals surface area contributed by atoms with Crippen LogP contribution in [0, 0.1) is 0 Å². The molecule has 0 rings (SSSR count). The van der Waals surface area contributed by atoms with Gasteiger partial charge in [-0.1, -0.05) is 6.58 Å². The topological polar surface area (TPSA) is 68.2 Å². The van der Waals surface area contributed by atoms with Crippen molar-refractivity contribution in [3.8, 4) is 0 Å². The zero-order valence-corrected chi connectivity index (χ0v) is 3.98. The van der Waals surface area contributed by atoms with E-state index in [-0.39, 0.29) is 0 Å². The molecule has 5 nitrogen and oxygen atoms in total. The van der Waals surface area contributed by atoms with Crippen molar-refractivity contribution in [2.24, 2.45) is 0 Å². The van der Waals surface area contributed by atoms with Crippen molar-refractivity contribution in [2.75, 3.05) is 0 Å². The molecular weight excluding hydrogens is 115 g/mol. The van der Waals surface area contributed by atoms with Crippen LogP contribution in [0.25, 0.3) is 0 Å². The van der Waals surface area contributed by atoms with Gasteiger partial charge >= 0.3 is 7.32 Å². The number of hydrogen-bond donors (Lipinski definition) is 2. The van der Waals surface area contributed by atoms with Crippen molar-refractivity contribution in [1.29, 1.82) is 0 Å². The van der Waals surface area contributed by atoms with Gasteiger partial charge in [0.15, 0.2) is 0 Å². The first-order chi connectivity index (χ1) is 3.85. The quantitative estimate of drug-likeness (QED) is 0.238. The van der Waals surface area contributed by atoms with Crippen LogP contribution in [0.5, 0.6) is 0 Å². The van der Waals surface area contributed by atoms with Gasteiger partial charge in [0.2, 0.25) is 0 Å². The average Bonchev–Trinajstić information content (AvgIpc) is 1.83. The van der Waals surface area contributed by atoms with Crippen molar-refractivity contribution in [2.45, 2.75) is 0 Å². The Bertz CT molecular complexity index is 61.4. The van der Waals surface area contributed by atoms with E-state index in [0.29, 0.717) is 0 Å². The summed E-state index contributed by atoms with van der Waals surface area (Å²) < 4.78 is 4.16. The highest BCUT2D eigenvalue weighted by atomic mass is 17.2. The molecule has 8 heavy (non-hydrogen) atoms. The third kappa shape index (κ3) is 2.59. The van der Waals surface area contributed by atoms with E-state index >= 15 is 0 Å². The van der Waals surface area contributed by atoms with Crippen molar-refractivity contribution >= 4 is 7.32 Å². The maximum absolute atomic E-state index is 7.70. The largest absolute Gasteiger partial charge is 0.769 e. The summed E-state index contributed by atoms with van der Waals surface area (Å²) in [7, 11) is -1.51. The normalized spacial score (nSPS) is 8.25. The first-order valence-corrected chi connectivity index (χ1v) is 1.72. The minimum atomic E-state index is -1.51. The van der Waals surface area contributed by atoms with Crippen LogP contribution in [0.2, 0.25) is 0 Å². The second-order valence-electron chi connectivity index (χ2n) is 0.802. The molecule has 0 bridgehead atoms. The Hall–Kier alpha value is -0.555. The van der Waals surface area contributed by atoms with Crippen molar-refractivity contribution in [3.05, 3.63) is 12.8 Å². The van der Waals surface area contributed by atoms with Crippen molar-refractivity contribution in [1.82, 2.24) is 0 Å². The summed E-state index contributed by atoms with van der Waals surface area (Å²) in [5.41, 5.74) is 0. The van der Waals surface area contributed by atoms with Gasteiger partial charge in [0.05, 0.1) is 6.26 Å². The molecule has 6 heteroatoms. The van der Waals surface area contributed by atoms with Gasteiger partial charge in [-0.05, 0) is 0 Å². The summed E-state index contributed by atoms with van der Waals surface area (Å²) >= 11 is 0. The molecule has 2 N–H and O–H groups in total. The Morgan fingerprint density at radius 1 is 1.38 bits per heavy atom. The molecule has 0 radical (unpaired) electrons. The predicted molar refractivity (Wildman–Crippen MR) is 24.5 cm³/mol. The Morgan fingerprint density at radius 2 is 1.88 bits per heavy atom. The molecule has 0 aromatic carbocycles. The first-order valence-electron chi connectivity index (χ1n) is 1.72. The molecule has 0 aliphatic heterocycles. The van der Waals surface area contributed by atoms with E-state index in [9.17, 15) is 0 Å². The molecule has 0 aromatic heterocycles. The third-order valence-electron chi connectivity index (χ3n) is 0.379. The fourth-order valence-corrected chi connectivity index (χ4v) is 0.148. The highest BCUT2D eigenvalue weighted by Crippen LogP contribution is 1.85. The van der Waals surface area contributed by atoms with Gasteiger partial charge in [0, 0.05) is 0 Å². The molecule has 46 valence electrons. The van der Waals surface area contributed by atoms with E-state index in [0.717, 1.165) is 6.26 Å². The van der Waals surface area contributed by atoms with E-state index in [4.69, 9.17) is 10.5 Å². The second kappa shape index (κ2) is 4.60. The Morgan fingerprint density at radius 3 is 2.00 bits per heavy atom. The van der Waals surface area contributed by atoms with Crippen LogP contribution in [-0.4, -0.2) is 17.8 Å². The van der Waals surface area contributed by atoms with Crippen molar-refractivity contribution < 1.29 is 24.8 Å². The molecule has 0 heterocycles. The minimum Gasteiger partial charge on any atom is -0.516 e. The zero-order valence-electron chi connectivity index (χ0n) is 3.98. The lowest BCUT2D eigenvalue weighted by atomic mass is 10.3. The van der Waals surface area contributed by atoms with Gasteiger partial charge in [-0.2, -0.15) is 0 Å². The molecule has 0 aliphatic rings. The molecule has 0 amide bonds. The van der Waals surface area contributed by atoms with E-state index in [1.807, 2.05) is 0 Å². The lowest BCUT2D eigenvalue weighted by Crippen LogP contribution is -2.21. The van der Waals surface area contributed by atoms with Gasteiger partial charge in [0.25, 0.3) is 0 Å². The minimum absolute atomic E-state index is 0.942. The van der Waals surface area contributed by atoms with Crippen LogP contribution >= 0.6 is 0 Å².